The number of rotatable bonds is 4. The Labute approximate surface area is 103 Å². The molecule has 2 rings (SSSR count). The number of hydrogen-bond donors (Lipinski definition) is 1. The molecule has 0 aliphatic carbocycles. The van der Waals surface area contributed by atoms with Crippen LogP contribution in [0.3, 0.4) is 0 Å². The molecule has 0 saturated carbocycles. The molecule has 0 aromatic carbocycles. The maximum Gasteiger partial charge on any atom is 0.150 e. The SMILES string of the molecule is CNc1ncccc1CSc1nc(C)cs1. The third-order valence-corrected chi connectivity index (χ3v) is 4.26. The van der Waals surface area contributed by atoms with Crippen molar-refractivity contribution < 1.29 is 0 Å². The molecule has 2 aromatic heterocycles. The van der Waals surface area contributed by atoms with Crippen LogP contribution in [0.1, 0.15) is 11.3 Å². The minimum absolute atomic E-state index is 0.900. The highest BCUT2D eigenvalue weighted by Gasteiger charge is 2.04. The van der Waals surface area contributed by atoms with Crippen LogP contribution in [0.15, 0.2) is 28.0 Å². The van der Waals surface area contributed by atoms with Gasteiger partial charge in [0.25, 0.3) is 0 Å². The van der Waals surface area contributed by atoms with Crippen LogP contribution in [0.5, 0.6) is 0 Å². The maximum atomic E-state index is 4.42. The molecule has 0 fully saturated rings. The van der Waals surface area contributed by atoms with Gasteiger partial charge in [-0.25, -0.2) is 9.97 Å². The lowest BCUT2D eigenvalue weighted by molar-refractivity contribution is 1.15. The minimum Gasteiger partial charge on any atom is -0.373 e. The van der Waals surface area contributed by atoms with Crippen LogP contribution in [-0.4, -0.2) is 17.0 Å². The second kappa shape index (κ2) is 5.32. The number of anilines is 1. The first-order valence-corrected chi connectivity index (χ1v) is 6.82. The van der Waals surface area contributed by atoms with Crippen LogP contribution in [-0.2, 0) is 5.75 Å². The summed E-state index contributed by atoms with van der Waals surface area (Å²) in [6, 6.07) is 4.05. The molecule has 0 aliphatic rings. The molecule has 16 heavy (non-hydrogen) atoms. The Bertz CT molecular complexity index is 468. The fourth-order valence-corrected chi connectivity index (χ4v) is 3.15. The van der Waals surface area contributed by atoms with Crippen molar-refractivity contribution in [3.05, 3.63) is 35.0 Å². The smallest absolute Gasteiger partial charge is 0.150 e. The molecule has 1 N–H and O–H groups in total. The zero-order chi connectivity index (χ0) is 11.4. The largest absolute Gasteiger partial charge is 0.373 e. The van der Waals surface area contributed by atoms with Gasteiger partial charge in [-0.1, -0.05) is 17.8 Å². The number of thioether (sulfide) groups is 1. The van der Waals surface area contributed by atoms with Crippen LogP contribution in [0.25, 0.3) is 0 Å². The van der Waals surface area contributed by atoms with E-state index in [0.29, 0.717) is 0 Å². The van der Waals surface area contributed by atoms with Crippen molar-refractivity contribution in [1.29, 1.82) is 0 Å². The third-order valence-electron chi connectivity index (χ3n) is 2.08. The Kier molecular flexibility index (Phi) is 3.79. The van der Waals surface area contributed by atoms with E-state index in [1.807, 2.05) is 20.0 Å². The van der Waals surface area contributed by atoms with Gasteiger partial charge in [0.2, 0.25) is 0 Å². The van der Waals surface area contributed by atoms with Gasteiger partial charge in [-0.15, -0.1) is 11.3 Å². The summed E-state index contributed by atoms with van der Waals surface area (Å²) in [6.45, 7) is 2.02. The number of aromatic nitrogens is 2. The predicted octanol–water partition coefficient (Wildman–Crippen LogP) is 3.18. The average Bonchev–Trinajstić information content (AvgIpc) is 2.73. The Balaban J connectivity index is 2.04. The summed E-state index contributed by atoms with van der Waals surface area (Å²) in [6.07, 6.45) is 1.80. The highest BCUT2D eigenvalue weighted by Crippen LogP contribution is 2.27. The lowest BCUT2D eigenvalue weighted by atomic mass is 10.3. The van der Waals surface area contributed by atoms with E-state index in [-0.39, 0.29) is 0 Å². The molecular weight excluding hydrogens is 238 g/mol. The van der Waals surface area contributed by atoms with Gasteiger partial charge in [0.1, 0.15) is 10.2 Å². The van der Waals surface area contributed by atoms with Gasteiger partial charge in [0.15, 0.2) is 0 Å². The normalized spacial score (nSPS) is 10.4. The average molecular weight is 251 g/mol. The van der Waals surface area contributed by atoms with E-state index >= 15 is 0 Å². The van der Waals surface area contributed by atoms with Gasteiger partial charge in [0.05, 0.1) is 0 Å². The van der Waals surface area contributed by atoms with E-state index in [9.17, 15) is 0 Å². The Morgan fingerprint density at radius 3 is 3.06 bits per heavy atom. The second-order valence-corrected chi connectivity index (χ2v) is 5.39. The van der Waals surface area contributed by atoms with Crippen LogP contribution in [0.4, 0.5) is 5.82 Å². The molecule has 2 aromatic rings. The van der Waals surface area contributed by atoms with E-state index in [4.69, 9.17) is 0 Å². The summed E-state index contributed by atoms with van der Waals surface area (Å²) in [5, 5.41) is 5.17. The Morgan fingerprint density at radius 2 is 2.38 bits per heavy atom. The van der Waals surface area contributed by atoms with Crippen molar-refractivity contribution >= 4 is 28.9 Å². The van der Waals surface area contributed by atoms with Crippen LogP contribution in [0, 0.1) is 6.92 Å². The van der Waals surface area contributed by atoms with E-state index in [0.717, 1.165) is 21.6 Å². The number of nitrogens with zero attached hydrogens (tertiary/aromatic N) is 2. The summed E-state index contributed by atoms with van der Waals surface area (Å²) < 4.78 is 1.11. The second-order valence-electron chi connectivity index (χ2n) is 3.30. The molecule has 2 heterocycles. The van der Waals surface area contributed by atoms with Gasteiger partial charge in [0, 0.05) is 35.6 Å². The van der Waals surface area contributed by atoms with E-state index in [2.05, 4.69) is 26.7 Å². The summed E-state index contributed by atoms with van der Waals surface area (Å²) in [4.78, 5) is 8.70. The van der Waals surface area contributed by atoms with Crippen molar-refractivity contribution in [3.8, 4) is 0 Å². The van der Waals surface area contributed by atoms with Crippen molar-refractivity contribution in [2.24, 2.45) is 0 Å². The number of hydrogen-bond acceptors (Lipinski definition) is 5. The van der Waals surface area contributed by atoms with E-state index < -0.39 is 0 Å². The van der Waals surface area contributed by atoms with Gasteiger partial charge < -0.3 is 5.32 Å². The van der Waals surface area contributed by atoms with Crippen LogP contribution in [0.2, 0.25) is 0 Å². The molecule has 0 aliphatic heterocycles. The molecule has 0 saturated heterocycles. The monoisotopic (exact) mass is 251 g/mol. The summed E-state index contributed by atoms with van der Waals surface area (Å²) >= 11 is 3.44. The van der Waals surface area contributed by atoms with Crippen LogP contribution >= 0.6 is 23.1 Å². The highest BCUT2D eigenvalue weighted by atomic mass is 32.2. The Morgan fingerprint density at radius 1 is 1.50 bits per heavy atom. The number of aryl methyl sites for hydroxylation is 1. The van der Waals surface area contributed by atoms with Crippen molar-refractivity contribution in [3.63, 3.8) is 0 Å². The molecule has 0 atom stereocenters. The van der Waals surface area contributed by atoms with Crippen molar-refractivity contribution in [2.75, 3.05) is 12.4 Å². The highest BCUT2D eigenvalue weighted by molar-refractivity contribution is 8.00. The van der Waals surface area contributed by atoms with Gasteiger partial charge in [-0.3, -0.25) is 0 Å². The lowest BCUT2D eigenvalue weighted by Crippen LogP contribution is -1.96. The third kappa shape index (κ3) is 2.74. The molecule has 0 unspecified atom stereocenters. The molecule has 5 heteroatoms. The summed E-state index contributed by atoms with van der Waals surface area (Å²) in [5.41, 5.74) is 2.30. The zero-order valence-corrected chi connectivity index (χ0v) is 10.9. The van der Waals surface area contributed by atoms with Gasteiger partial charge in [-0.05, 0) is 13.0 Å². The fourth-order valence-electron chi connectivity index (χ4n) is 1.32. The predicted molar refractivity (Wildman–Crippen MR) is 70.2 cm³/mol. The molecular formula is C11H13N3S2. The van der Waals surface area contributed by atoms with Gasteiger partial charge in [-0.2, -0.15) is 0 Å². The minimum atomic E-state index is 0.900. The standard InChI is InChI=1S/C11H13N3S2/c1-8-6-15-11(14-8)16-7-9-4-3-5-13-10(9)12-2/h3-6H,7H2,1-2H3,(H,12,13). The number of pyridine rings is 1. The maximum absolute atomic E-state index is 4.42. The number of thiazole rings is 1. The quantitative estimate of drug-likeness (QED) is 0.847. The molecule has 0 radical (unpaired) electrons. The summed E-state index contributed by atoms with van der Waals surface area (Å²) in [7, 11) is 1.89. The first kappa shape index (κ1) is 11.4. The molecule has 3 nitrogen and oxygen atoms in total. The van der Waals surface area contributed by atoms with E-state index in [1.165, 1.54) is 5.56 Å². The molecule has 84 valence electrons. The molecule has 0 spiro atoms. The van der Waals surface area contributed by atoms with Gasteiger partial charge >= 0.3 is 0 Å². The first-order chi connectivity index (χ1) is 7.79. The molecule has 0 amide bonds. The topological polar surface area (TPSA) is 37.8 Å². The first-order valence-electron chi connectivity index (χ1n) is 4.96. The molecule has 0 bridgehead atoms. The van der Waals surface area contributed by atoms with Crippen molar-refractivity contribution in [1.82, 2.24) is 9.97 Å². The van der Waals surface area contributed by atoms with Crippen LogP contribution < -0.4 is 5.32 Å². The lowest BCUT2D eigenvalue weighted by Gasteiger charge is -2.05. The summed E-state index contributed by atoms with van der Waals surface area (Å²) in [5.74, 6) is 1.85. The van der Waals surface area contributed by atoms with Crippen molar-refractivity contribution in [2.45, 2.75) is 17.0 Å². The number of nitrogens with one attached hydrogen (secondary N) is 1. The Hall–Kier alpha value is -1.07. The fraction of sp³-hybridized carbons (Fsp3) is 0.273. The zero-order valence-electron chi connectivity index (χ0n) is 9.23. The van der Waals surface area contributed by atoms with E-state index in [1.54, 1.807) is 29.3 Å².